The number of para-hydroxylation sites is 1. The second kappa shape index (κ2) is 7.39. The highest BCUT2D eigenvalue weighted by molar-refractivity contribution is 5.80. The minimum Gasteiger partial charge on any atom is -0.479 e. The molecule has 0 aromatic heterocycles. The van der Waals surface area contributed by atoms with Crippen molar-refractivity contribution in [2.45, 2.75) is 26.9 Å². The summed E-state index contributed by atoms with van der Waals surface area (Å²) in [7, 11) is 0. The van der Waals surface area contributed by atoms with Gasteiger partial charge in [0, 0.05) is 0 Å². The normalized spacial score (nSPS) is 11.7. The molecule has 1 atom stereocenters. The number of nitrogens with one attached hydrogen (secondary N) is 1. The van der Waals surface area contributed by atoms with Crippen molar-refractivity contribution in [3.05, 3.63) is 29.8 Å². The van der Waals surface area contributed by atoms with Gasteiger partial charge < -0.3 is 4.74 Å². The molecule has 0 aliphatic rings. The standard InChI is InChI=1S/C14H18N2O3/c1-4-18-16-14(17)13(10(2)3)19-12-8-6-5-7-11(12)9-15/h5-8,10,13H,4H2,1-3H3,(H,16,17)/t13-/m1/s1. The van der Waals surface area contributed by atoms with Gasteiger partial charge in [-0.25, -0.2) is 5.48 Å². The number of hydrogen-bond donors (Lipinski definition) is 1. The van der Waals surface area contributed by atoms with Crippen LogP contribution in [-0.4, -0.2) is 18.6 Å². The van der Waals surface area contributed by atoms with Crippen LogP contribution in [0.5, 0.6) is 5.75 Å². The Kier molecular flexibility index (Phi) is 5.83. The van der Waals surface area contributed by atoms with Gasteiger partial charge >= 0.3 is 0 Å². The Bertz CT molecular complexity index is 466. The van der Waals surface area contributed by atoms with E-state index >= 15 is 0 Å². The van der Waals surface area contributed by atoms with Crippen molar-refractivity contribution in [2.75, 3.05) is 6.61 Å². The molecule has 1 N–H and O–H groups in total. The highest BCUT2D eigenvalue weighted by atomic mass is 16.7. The van der Waals surface area contributed by atoms with Crippen molar-refractivity contribution >= 4 is 5.91 Å². The number of rotatable bonds is 6. The lowest BCUT2D eigenvalue weighted by molar-refractivity contribution is -0.142. The summed E-state index contributed by atoms with van der Waals surface area (Å²) in [5.41, 5.74) is 2.72. The molecule has 5 heteroatoms. The number of hydrogen-bond acceptors (Lipinski definition) is 4. The van der Waals surface area contributed by atoms with Crippen LogP contribution in [-0.2, 0) is 9.63 Å². The molecule has 0 spiro atoms. The number of benzene rings is 1. The predicted octanol–water partition coefficient (Wildman–Crippen LogP) is 2.03. The maximum Gasteiger partial charge on any atom is 0.284 e. The number of hydroxylamine groups is 1. The minimum atomic E-state index is -0.707. The molecular formula is C14H18N2O3. The molecule has 0 bridgehead atoms. The van der Waals surface area contributed by atoms with Crippen LogP contribution < -0.4 is 10.2 Å². The Morgan fingerprint density at radius 3 is 2.68 bits per heavy atom. The first kappa shape index (κ1) is 15.0. The van der Waals surface area contributed by atoms with E-state index in [0.29, 0.717) is 17.9 Å². The Hall–Kier alpha value is -2.06. The van der Waals surface area contributed by atoms with Gasteiger partial charge in [0.05, 0.1) is 12.2 Å². The van der Waals surface area contributed by atoms with Crippen molar-refractivity contribution in [1.29, 1.82) is 5.26 Å². The molecule has 0 saturated heterocycles. The van der Waals surface area contributed by atoms with Crippen LogP contribution in [0, 0.1) is 17.2 Å². The van der Waals surface area contributed by atoms with Crippen molar-refractivity contribution in [3.8, 4) is 11.8 Å². The lowest BCUT2D eigenvalue weighted by atomic mass is 10.1. The topological polar surface area (TPSA) is 71.3 Å². The molecule has 0 heterocycles. The average molecular weight is 262 g/mol. The number of ether oxygens (including phenoxy) is 1. The third kappa shape index (κ3) is 4.27. The van der Waals surface area contributed by atoms with E-state index in [2.05, 4.69) is 5.48 Å². The number of nitriles is 1. The number of amides is 1. The van der Waals surface area contributed by atoms with E-state index in [9.17, 15) is 4.79 Å². The van der Waals surface area contributed by atoms with Crippen LogP contribution in [0.1, 0.15) is 26.3 Å². The fraction of sp³-hybridized carbons (Fsp3) is 0.429. The molecule has 1 aromatic carbocycles. The molecule has 102 valence electrons. The lowest BCUT2D eigenvalue weighted by Gasteiger charge is -2.21. The summed E-state index contributed by atoms with van der Waals surface area (Å²) >= 11 is 0. The zero-order valence-electron chi connectivity index (χ0n) is 11.3. The molecule has 0 aliphatic carbocycles. The Morgan fingerprint density at radius 1 is 1.42 bits per heavy atom. The van der Waals surface area contributed by atoms with Gasteiger partial charge in [0.2, 0.25) is 0 Å². The lowest BCUT2D eigenvalue weighted by Crippen LogP contribution is -2.41. The molecule has 1 aromatic rings. The van der Waals surface area contributed by atoms with Crippen LogP contribution in [0.15, 0.2) is 24.3 Å². The van der Waals surface area contributed by atoms with E-state index in [0.717, 1.165) is 0 Å². The van der Waals surface area contributed by atoms with Gasteiger partial charge in [-0.05, 0) is 25.0 Å². The van der Waals surface area contributed by atoms with Crippen LogP contribution in [0.25, 0.3) is 0 Å². The van der Waals surface area contributed by atoms with Crippen LogP contribution in [0.2, 0.25) is 0 Å². The molecule has 0 unspecified atom stereocenters. The predicted molar refractivity (Wildman–Crippen MR) is 70.2 cm³/mol. The SMILES string of the molecule is CCONC(=O)[C@H](Oc1ccccc1C#N)C(C)C. The first-order valence-electron chi connectivity index (χ1n) is 6.17. The second-order valence-electron chi connectivity index (χ2n) is 4.29. The maximum absolute atomic E-state index is 11.9. The van der Waals surface area contributed by atoms with Crippen molar-refractivity contribution < 1.29 is 14.4 Å². The summed E-state index contributed by atoms with van der Waals surface area (Å²) in [6.45, 7) is 5.89. The monoisotopic (exact) mass is 262 g/mol. The van der Waals surface area contributed by atoms with Gasteiger partial charge in [0.1, 0.15) is 11.8 Å². The van der Waals surface area contributed by atoms with Crippen LogP contribution >= 0.6 is 0 Å². The second-order valence-corrected chi connectivity index (χ2v) is 4.29. The molecule has 19 heavy (non-hydrogen) atoms. The Morgan fingerprint density at radius 2 is 2.11 bits per heavy atom. The Labute approximate surface area is 113 Å². The molecule has 0 fully saturated rings. The number of carbonyl (C=O) groups is 1. The maximum atomic E-state index is 11.9. The van der Waals surface area contributed by atoms with Gasteiger partial charge in [-0.1, -0.05) is 26.0 Å². The molecule has 0 saturated carbocycles. The van der Waals surface area contributed by atoms with Crippen molar-refractivity contribution in [1.82, 2.24) is 5.48 Å². The Balaban J connectivity index is 2.84. The quantitative estimate of drug-likeness (QED) is 0.796. The zero-order valence-corrected chi connectivity index (χ0v) is 11.3. The first-order chi connectivity index (χ1) is 9.10. The number of nitrogens with zero attached hydrogens (tertiary/aromatic N) is 1. The third-order valence-electron chi connectivity index (χ3n) is 2.44. The first-order valence-corrected chi connectivity index (χ1v) is 6.17. The van der Waals surface area contributed by atoms with E-state index in [-0.39, 0.29) is 11.8 Å². The smallest absolute Gasteiger partial charge is 0.284 e. The summed E-state index contributed by atoms with van der Waals surface area (Å²) in [5, 5.41) is 8.99. The van der Waals surface area contributed by atoms with Crippen LogP contribution in [0.3, 0.4) is 0 Å². The van der Waals surface area contributed by atoms with E-state index in [1.165, 1.54) is 0 Å². The molecule has 0 radical (unpaired) electrons. The summed E-state index contributed by atoms with van der Waals surface area (Å²) in [6.07, 6.45) is -0.707. The van der Waals surface area contributed by atoms with E-state index in [1.54, 1.807) is 31.2 Å². The van der Waals surface area contributed by atoms with Gasteiger partial charge in [-0.2, -0.15) is 5.26 Å². The number of carbonyl (C=O) groups excluding carboxylic acids is 1. The molecule has 5 nitrogen and oxygen atoms in total. The van der Waals surface area contributed by atoms with Gasteiger partial charge in [0.25, 0.3) is 5.91 Å². The zero-order chi connectivity index (χ0) is 14.3. The largest absolute Gasteiger partial charge is 0.479 e. The summed E-state index contributed by atoms with van der Waals surface area (Å²) in [4.78, 5) is 16.8. The molecule has 1 rings (SSSR count). The van der Waals surface area contributed by atoms with Crippen molar-refractivity contribution in [3.63, 3.8) is 0 Å². The molecule has 1 amide bonds. The summed E-state index contributed by atoms with van der Waals surface area (Å²) in [6, 6.07) is 8.85. The highest BCUT2D eigenvalue weighted by Gasteiger charge is 2.25. The highest BCUT2D eigenvalue weighted by Crippen LogP contribution is 2.20. The van der Waals surface area contributed by atoms with Gasteiger partial charge in [-0.3, -0.25) is 9.63 Å². The van der Waals surface area contributed by atoms with E-state index in [1.807, 2.05) is 19.9 Å². The average Bonchev–Trinajstić information content (AvgIpc) is 2.42. The van der Waals surface area contributed by atoms with E-state index in [4.69, 9.17) is 14.8 Å². The molecule has 0 aliphatic heterocycles. The minimum absolute atomic E-state index is 0.0489. The summed E-state index contributed by atoms with van der Waals surface area (Å²) in [5.74, 6) is -0.00727. The van der Waals surface area contributed by atoms with Gasteiger partial charge in [0.15, 0.2) is 6.10 Å². The fourth-order valence-corrected chi connectivity index (χ4v) is 1.49. The van der Waals surface area contributed by atoms with Crippen molar-refractivity contribution in [2.24, 2.45) is 5.92 Å². The van der Waals surface area contributed by atoms with E-state index < -0.39 is 6.10 Å². The third-order valence-corrected chi connectivity index (χ3v) is 2.44. The fourth-order valence-electron chi connectivity index (χ4n) is 1.49. The summed E-state index contributed by atoms with van der Waals surface area (Å²) < 4.78 is 5.64. The molecular weight excluding hydrogens is 244 g/mol. The van der Waals surface area contributed by atoms with Crippen LogP contribution in [0.4, 0.5) is 0 Å². The van der Waals surface area contributed by atoms with Gasteiger partial charge in [-0.15, -0.1) is 0 Å².